The van der Waals surface area contributed by atoms with E-state index in [1.54, 1.807) is 24.3 Å². The largest absolute Gasteiger partial charge is 0.449 e. The van der Waals surface area contributed by atoms with E-state index in [4.69, 9.17) is 22.1 Å². The molecule has 23 heavy (non-hydrogen) atoms. The standard InChI is InChI=1S/C16H14ClFN2O3/c1-9(15(21)20-12-4-2-3-10(17)7-12)23-16(22)13-6-5-11(18)8-14(13)19/h2-9H,19H2,1H3,(H,20,21)/t9-/m0/s1. The highest BCUT2D eigenvalue weighted by atomic mass is 35.5. The van der Waals surface area contributed by atoms with Crippen molar-refractivity contribution in [3.05, 3.63) is 58.9 Å². The van der Waals surface area contributed by atoms with E-state index in [1.807, 2.05) is 0 Å². The average Bonchev–Trinajstić information content (AvgIpc) is 2.46. The van der Waals surface area contributed by atoms with Gasteiger partial charge in [-0.25, -0.2) is 9.18 Å². The second-order valence-corrected chi connectivity index (χ2v) is 5.22. The Labute approximate surface area is 137 Å². The first-order chi connectivity index (χ1) is 10.9. The first-order valence-corrected chi connectivity index (χ1v) is 7.07. The zero-order chi connectivity index (χ0) is 17.0. The minimum absolute atomic E-state index is 0.00574. The van der Waals surface area contributed by atoms with Gasteiger partial charge in [-0.1, -0.05) is 17.7 Å². The van der Waals surface area contributed by atoms with Crippen LogP contribution >= 0.6 is 11.6 Å². The summed E-state index contributed by atoms with van der Waals surface area (Å²) in [6.45, 7) is 1.41. The Balaban J connectivity index is 2.01. The third-order valence-electron chi connectivity index (χ3n) is 2.98. The maximum absolute atomic E-state index is 13.0. The van der Waals surface area contributed by atoms with Gasteiger partial charge in [0.25, 0.3) is 5.91 Å². The molecule has 0 heterocycles. The number of carbonyl (C=O) groups excluding carboxylic acids is 2. The minimum atomic E-state index is -1.06. The Hall–Kier alpha value is -2.60. The number of carbonyl (C=O) groups is 2. The Morgan fingerprint density at radius 3 is 2.65 bits per heavy atom. The number of rotatable bonds is 4. The van der Waals surface area contributed by atoms with Crippen molar-refractivity contribution in [3.63, 3.8) is 0 Å². The lowest BCUT2D eigenvalue weighted by atomic mass is 10.2. The Morgan fingerprint density at radius 1 is 1.26 bits per heavy atom. The molecule has 0 unspecified atom stereocenters. The lowest BCUT2D eigenvalue weighted by Crippen LogP contribution is -2.30. The predicted octanol–water partition coefficient (Wildman–Crippen LogP) is 3.25. The van der Waals surface area contributed by atoms with Crippen LogP contribution in [0.4, 0.5) is 15.8 Å². The smallest absolute Gasteiger partial charge is 0.341 e. The van der Waals surface area contributed by atoms with Crippen molar-refractivity contribution in [1.82, 2.24) is 0 Å². The van der Waals surface area contributed by atoms with Crippen LogP contribution in [0.5, 0.6) is 0 Å². The van der Waals surface area contributed by atoms with Gasteiger partial charge in [0.1, 0.15) is 5.82 Å². The molecule has 1 atom stereocenters. The molecule has 0 aliphatic rings. The molecule has 7 heteroatoms. The van der Waals surface area contributed by atoms with E-state index < -0.39 is 23.8 Å². The molecule has 2 aromatic rings. The first kappa shape index (κ1) is 16.8. The monoisotopic (exact) mass is 336 g/mol. The van der Waals surface area contributed by atoms with Crippen LogP contribution in [0, 0.1) is 5.82 Å². The molecule has 0 fully saturated rings. The molecule has 0 spiro atoms. The maximum atomic E-state index is 13.0. The molecule has 0 radical (unpaired) electrons. The molecule has 3 N–H and O–H groups in total. The van der Waals surface area contributed by atoms with Crippen molar-refractivity contribution >= 4 is 34.9 Å². The van der Waals surface area contributed by atoms with Crippen LogP contribution in [-0.4, -0.2) is 18.0 Å². The number of halogens is 2. The SMILES string of the molecule is C[C@H](OC(=O)c1ccc(F)cc1N)C(=O)Nc1cccc(Cl)c1. The van der Waals surface area contributed by atoms with Crippen molar-refractivity contribution in [1.29, 1.82) is 0 Å². The fourth-order valence-corrected chi connectivity index (χ4v) is 2.00. The summed E-state index contributed by atoms with van der Waals surface area (Å²) in [6.07, 6.45) is -1.06. The van der Waals surface area contributed by atoms with E-state index in [0.717, 1.165) is 12.1 Å². The normalized spacial score (nSPS) is 11.6. The fourth-order valence-electron chi connectivity index (χ4n) is 1.81. The molecule has 0 saturated carbocycles. The maximum Gasteiger partial charge on any atom is 0.341 e. The highest BCUT2D eigenvalue weighted by Crippen LogP contribution is 2.17. The molecule has 0 aromatic heterocycles. The quantitative estimate of drug-likeness (QED) is 0.663. The van der Waals surface area contributed by atoms with Gasteiger partial charge in [0.05, 0.1) is 5.56 Å². The van der Waals surface area contributed by atoms with Gasteiger partial charge in [-0.3, -0.25) is 4.79 Å². The van der Waals surface area contributed by atoms with Gasteiger partial charge in [-0.2, -0.15) is 0 Å². The average molecular weight is 337 g/mol. The van der Waals surface area contributed by atoms with Crippen LogP contribution in [0.2, 0.25) is 5.02 Å². The number of esters is 1. The number of hydrogen-bond donors (Lipinski definition) is 2. The summed E-state index contributed by atoms with van der Waals surface area (Å²) in [4.78, 5) is 24.0. The van der Waals surface area contributed by atoms with E-state index in [1.165, 1.54) is 13.0 Å². The summed E-state index contributed by atoms with van der Waals surface area (Å²) in [5.74, 6) is -1.90. The van der Waals surface area contributed by atoms with Crippen LogP contribution in [0.3, 0.4) is 0 Å². The molecule has 0 aliphatic heterocycles. The number of nitrogens with two attached hydrogens (primary N) is 1. The van der Waals surface area contributed by atoms with Gasteiger partial charge in [0.2, 0.25) is 0 Å². The number of nitrogen functional groups attached to an aromatic ring is 1. The van der Waals surface area contributed by atoms with E-state index >= 15 is 0 Å². The van der Waals surface area contributed by atoms with Crippen molar-refractivity contribution in [2.45, 2.75) is 13.0 Å². The van der Waals surface area contributed by atoms with Crippen LogP contribution in [0.1, 0.15) is 17.3 Å². The molecular formula is C16H14ClFN2O3. The fraction of sp³-hybridized carbons (Fsp3) is 0.125. The van der Waals surface area contributed by atoms with Gasteiger partial charge in [-0.05, 0) is 43.3 Å². The Morgan fingerprint density at radius 2 is 2.00 bits per heavy atom. The molecule has 120 valence electrons. The Bertz CT molecular complexity index is 752. The van der Waals surface area contributed by atoms with Crippen LogP contribution in [-0.2, 0) is 9.53 Å². The van der Waals surface area contributed by atoms with Crippen molar-refractivity contribution in [3.8, 4) is 0 Å². The van der Waals surface area contributed by atoms with Crippen LogP contribution in [0.15, 0.2) is 42.5 Å². The molecule has 0 aliphatic carbocycles. The predicted molar refractivity (Wildman–Crippen MR) is 85.8 cm³/mol. The highest BCUT2D eigenvalue weighted by Gasteiger charge is 2.20. The first-order valence-electron chi connectivity index (χ1n) is 6.69. The number of hydrogen-bond acceptors (Lipinski definition) is 4. The topological polar surface area (TPSA) is 81.4 Å². The molecule has 2 rings (SSSR count). The van der Waals surface area contributed by atoms with E-state index in [0.29, 0.717) is 10.7 Å². The molecular weight excluding hydrogens is 323 g/mol. The summed E-state index contributed by atoms with van der Waals surface area (Å²) in [6, 6.07) is 9.85. The van der Waals surface area contributed by atoms with E-state index in [9.17, 15) is 14.0 Å². The van der Waals surface area contributed by atoms with Gasteiger partial charge >= 0.3 is 5.97 Å². The lowest BCUT2D eigenvalue weighted by Gasteiger charge is -2.14. The summed E-state index contributed by atoms with van der Waals surface area (Å²) in [5.41, 5.74) is 5.97. The molecule has 2 aromatic carbocycles. The molecule has 0 saturated heterocycles. The number of amides is 1. The van der Waals surface area contributed by atoms with Gasteiger partial charge in [-0.15, -0.1) is 0 Å². The van der Waals surface area contributed by atoms with Gasteiger partial charge < -0.3 is 15.8 Å². The van der Waals surface area contributed by atoms with Crippen molar-refractivity contribution < 1.29 is 18.7 Å². The zero-order valence-electron chi connectivity index (χ0n) is 12.2. The molecule has 1 amide bonds. The zero-order valence-corrected chi connectivity index (χ0v) is 12.9. The molecule has 0 bridgehead atoms. The third kappa shape index (κ3) is 4.43. The van der Waals surface area contributed by atoms with E-state index in [2.05, 4.69) is 5.32 Å². The second kappa shape index (κ2) is 7.11. The molecule has 5 nitrogen and oxygen atoms in total. The van der Waals surface area contributed by atoms with Gasteiger partial charge in [0, 0.05) is 16.4 Å². The van der Waals surface area contributed by atoms with E-state index in [-0.39, 0.29) is 11.3 Å². The van der Waals surface area contributed by atoms with Gasteiger partial charge in [0.15, 0.2) is 6.10 Å². The number of benzene rings is 2. The summed E-state index contributed by atoms with van der Waals surface area (Å²) < 4.78 is 18.0. The number of anilines is 2. The summed E-state index contributed by atoms with van der Waals surface area (Å²) in [5, 5.41) is 3.04. The summed E-state index contributed by atoms with van der Waals surface area (Å²) in [7, 11) is 0. The van der Waals surface area contributed by atoms with Crippen LogP contribution < -0.4 is 11.1 Å². The number of ether oxygens (including phenoxy) is 1. The highest BCUT2D eigenvalue weighted by molar-refractivity contribution is 6.30. The third-order valence-corrected chi connectivity index (χ3v) is 3.21. The second-order valence-electron chi connectivity index (χ2n) is 4.78. The lowest BCUT2D eigenvalue weighted by molar-refractivity contribution is -0.123. The minimum Gasteiger partial charge on any atom is -0.449 e. The van der Waals surface area contributed by atoms with Crippen molar-refractivity contribution in [2.75, 3.05) is 11.1 Å². The number of nitrogens with one attached hydrogen (secondary N) is 1. The van der Waals surface area contributed by atoms with Crippen LogP contribution in [0.25, 0.3) is 0 Å². The Kier molecular flexibility index (Phi) is 5.18. The van der Waals surface area contributed by atoms with Crippen molar-refractivity contribution in [2.24, 2.45) is 0 Å². The summed E-state index contributed by atoms with van der Waals surface area (Å²) >= 11 is 5.82.